The number of rotatable bonds is 1. The number of aryl methyl sites for hydroxylation is 1. The molecule has 0 saturated heterocycles. The maximum absolute atomic E-state index is 13.3. The van der Waals surface area contributed by atoms with E-state index in [1.165, 1.54) is 12.3 Å². The molecule has 1 fully saturated rings. The number of hydrogen-bond donors (Lipinski definition) is 0. The van der Waals surface area contributed by atoms with Crippen molar-refractivity contribution >= 4 is 0 Å². The van der Waals surface area contributed by atoms with Crippen LogP contribution in [0.2, 0.25) is 0 Å². The SMILES string of the molecule is Cc1cnc(C2CC(F)(F)C2)c(F)c1. The summed E-state index contributed by atoms with van der Waals surface area (Å²) in [5, 5.41) is 0. The molecule has 76 valence electrons. The lowest BCUT2D eigenvalue weighted by Gasteiger charge is -2.34. The Morgan fingerprint density at radius 1 is 1.43 bits per heavy atom. The van der Waals surface area contributed by atoms with Gasteiger partial charge in [0.25, 0.3) is 0 Å². The summed E-state index contributed by atoms with van der Waals surface area (Å²) in [6, 6.07) is 1.33. The van der Waals surface area contributed by atoms with Crippen molar-refractivity contribution < 1.29 is 13.2 Å². The van der Waals surface area contributed by atoms with Gasteiger partial charge in [-0.05, 0) is 18.6 Å². The predicted octanol–water partition coefficient (Wildman–Crippen LogP) is 3.04. The molecule has 1 saturated carbocycles. The van der Waals surface area contributed by atoms with Crippen LogP contribution < -0.4 is 0 Å². The fourth-order valence-corrected chi connectivity index (χ4v) is 1.70. The normalized spacial score (nSPS) is 20.6. The van der Waals surface area contributed by atoms with Gasteiger partial charge in [0.1, 0.15) is 5.82 Å². The average Bonchev–Trinajstić information content (AvgIpc) is 2.00. The molecule has 0 aliphatic heterocycles. The van der Waals surface area contributed by atoms with Crippen LogP contribution in [0.15, 0.2) is 12.3 Å². The van der Waals surface area contributed by atoms with E-state index in [-0.39, 0.29) is 18.5 Å². The Hall–Kier alpha value is -1.06. The molecule has 1 aliphatic carbocycles. The first-order chi connectivity index (χ1) is 6.48. The van der Waals surface area contributed by atoms with Crippen molar-refractivity contribution in [3.05, 3.63) is 29.3 Å². The molecule has 0 bridgehead atoms. The summed E-state index contributed by atoms with van der Waals surface area (Å²) in [7, 11) is 0. The minimum Gasteiger partial charge on any atom is -0.258 e. The molecule has 4 heteroatoms. The number of pyridine rings is 1. The number of hydrogen-bond acceptors (Lipinski definition) is 1. The van der Waals surface area contributed by atoms with Gasteiger partial charge in [-0.3, -0.25) is 4.98 Å². The molecule has 14 heavy (non-hydrogen) atoms. The highest BCUT2D eigenvalue weighted by Crippen LogP contribution is 2.48. The Labute approximate surface area is 80.0 Å². The van der Waals surface area contributed by atoms with E-state index in [9.17, 15) is 13.2 Å². The fraction of sp³-hybridized carbons (Fsp3) is 0.500. The van der Waals surface area contributed by atoms with Crippen molar-refractivity contribution in [3.63, 3.8) is 0 Å². The van der Waals surface area contributed by atoms with E-state index in [2.05, 4.69) is 4.98 Å². The molecule has 2 rings (SSSR count). The van der Waals surface area contributed by atoms with E-state index >= 15 is 0 Å². The highest BCUT2D eigenvalue weighted by atomic mass is 19.3. The lowest BCUT2D eigenvalue weighted by molar-refractivity contribution is -0.0882. The fourth-order valence-electron chi connectivity index (χ4n) is 1.70. The van der Waals surface area contributed by atoms with Crippen LogP contribution in [0.3, 0.4) is 0 Å². The van der Waals surface area contributed by atoms with Crippen molar-refractivity contribution in [2.45, 2.75) is 31.6 Å². The predicted molar refractivity (Wildman–Crippen MR) is 45.9 cm³/mol. The largest absolute Gasteiger partial charge is 0.258 e. The van der Waals surface area contributed by atoms with Crippen molar-refractivity contribution in [2.75, 3.05) is 0 Å². The highest BCUT2D eigenvalue weighted by Gasteiger charge is 2.47. The molecule has 1 nitrogen and oxygen atoms in total. The molecule has 0 amide bonds. The summed E-state index contributed by atoms with van der Waals surface area (Å²) in [6.45, 7) is 1.72. The summed E-state index contributed by atoms with van der Waals surface area (Å²) in [5.74, 6) is -3.50. The molecule has 1 aromatic rings. The molecule has 0 spiro atoms. The Bertz CT molecular complexity index is 354. The van der Waals surface area contributed by atoms with E-state index in [1.807, 2.05) is 0 Å². The summed E-state index contributed by atoms with van der Waals surface area (Å²) in [6.07, 6.45) is 0.953. The standard InChI is InChI=1S/C10H10F3N/c1-6-2-8(11)9(14-5-6)7-3-10(12,13)4-7/h2,5,7H,3-4H2,1H3. The van der Waals surface area contributed by atoms with Gasteiger partial charge in [-0.2, -0.15) is 0 Å². The van der Waals surface area contributed by atoms with Gasteiger partial charge in [0.2, 0.25) is 5.92 Å². The van der Waals surface area contributed by atoms with Crippen LogP contribution in [0, 0.1) is 12.7 Å². The topological polar surface area (TPSA) is 12.9 Å². The number of halogens is 3. The van der Waals surface area contributed by atoms with Gasteiger partial charge in [-0.25, -0.2) is 13.2 Å². The van der Waals surface area contributed by atoms with Crippen LogP contribution in [0.4, 0.5) is 13.2 Å². The zero-order valence-corrected chi connectivity index (χ0v) is 7.73. The van der Waals surface area contributed by atoms with Gasteiger partial charge in [0.15, 0.2) is 0 Å². The summed E-state index contributed by atoms with van der Waals surface area (Å²) >= 11 is 0. The van der Waals surface area contributed by atoms with Crippen LogP contribution in [0.1, 0.15) is 30.0 Å². The third-order valence-corrected chi connectivity index (χ3v) is 2.48. The van der Waals surface area contributed by atoms with Crippen LogP contribution in [0.5, 0.6) is 0 Å². The van der Waals surface area contributed by atoms with Crippen LogP contribution in [-0.4, -0.2) is 10.9 Å². The average molecular weight is 201 g/mol. The smallest absolute Gasteiger partial charge is 0.249 e. The van der Waals surface area contributed by atoms with Gasteiger partial charge >= 0.3 is 0 Å². The van der Waals surface area contributed by atoms with Gasteiger partial charge in [0, 0.05) is 25.0 Å². The summed E-state index contributed by atoms with van der Waals surface area (Å²) < 4.78 is 38.3. The second-order valence-electron chi connectivity index (χ2n) is 3.84. The van der Waals surface area contributed by atoms with Crippen molar-refractivity contribution in [1.29, 1.82) is 0 Å². The van der Waals surface area contributed by atoms with Gasteiger partial charge < -0.3 is 0 Å². The van der Waals surface area contributed by atoms with Crippen LogP contribution >= 0.6 is 0 Å². The Balaban J connectivity index is 2.19. The zero-order chi connectivity index (χ0) is 10.3. The Morgan fingerprint density at radius 2 is 2.07 bits per heavy atom. The highest BCUT2D eigenvalue weighted by molar-refractivity contribution is 5.21. The number of nitrogens with zero attached hydrogens (tertiary/aromatic N) is 1. The molecule has 1 aromatic heterocycles. The molecule has 1 aliphatic rings. The van der Waals surface area contributed by atoms with E-state index in [1.54, 1.807) is 6.92 Å². The van der Waals surface area contributed by atoms with Crippen molar-refractivity contribution in [1.82, 2.24) is 4.98 Å². The molecule has 0 aromatic carbocycles. The first-order valence-electron chi connectivity index (χ1n) is 4.48. The molecule has 0 N–H and O–H groups in total. The van der Waals surface area contributed by atoms with E-state index in [0.29, 0.717) is 5.56 Å². The monoisotopic (exact) mass is 201 g/mol. The van der Waals surface area contributed by atoms with E-state index in [0.717, 1.165) is 0 Å². The molecule has 0 radical (unpaired) electrons. The minimum atomic E-state index is -2.62. The maximum atomic E-state index is 13.3. The molecule has 0 unspecified atom stereocenters. The first-order valence-corrected chi connectivity index (χ1v) is 4.48. The van der Waals surface area contributed by atoms with Crippen LogP contribution in [-0.2, 0) is 0 Å². The maximum Gasteiger partial charge on any atom is 0.249 e. The summed E-state index contributed by atoms with van der Waals surface area (Å²) in [4.78, 5) is 3.86. The first kappa shape index (κ1) is 9.49. The lowest BCUT2D eigenvalue weighted by Crippen LogP contribution is -2.34. The van der Waals surface area contributed by atoms with Gasteiger partial charge in [-0.1, -0.05) is 0 Å². The lowest BCUT2D eigenvalue weighted by atomic mass is 9.79. The number of aromatic nitrogens is 1. The third kappa shape index (κ3) is 1.61. The molecule has 1 heterocycles. The van der Waals surface area contributed by atoms with E-state index < -0.39 is 17.7 Å². The molecular formula is C10H10F3N. The second-order valence-corrected chi connectivity index (χ2v) is 3.84. The van der Waals surface area contributed by atoms with Gasteiger partial charge in [-0.15, -0.1) is 0 Å². The quantitative estimate of drug-likeness (QED) is 0.680. The van der Waals surface area contributed by atoms with Crippen molar-refractivity contribution in [2.24, 2.45) is 0 Å². The number of alkyl halides is 2. The minimum absolute atomic E-state index is 0.182. The van der Waals surface area contributed by atoms with E-state index in [4.69, 9.17) is 0 Å². The van der Waals surface area contributed by atoms with Crippen LogP contribution in [0.25, 0.3) is 0 Å². The Kier molecular flexibility index (Phi) is 2.01. The molecular weight excluding hydrogens is 191 g/mol. The summed E-state index contributed by atoms with van der Waals surface area (Å²) in [5.41, 5.74) is 0.888. The third-order valence-electron chi connectivity index (χ3n) is 2.48. The molecule has 0 atom stereocenters. The Morgan fingerprint density at radius 3 is 2.57 bits per heavy atom. The second kappa shape index (κ2) is 2.97. The van der Waals surface area contributed by atoms with Crippen molar-refractivity contribution in [3.8, 4) is 0 Å². The van der Waals surface area contributed by atoms with Gasteiger partial charge in [0.05, 0.1) is 5.69 Å². The zero-order valence-electron chi connectivity index (χ0n) is 7.73.